The van der Waals surface area contributed by atoms with Gasteiger partial charge in [-0.05, 0) is 12.1 Å². The van der Waals surface area contributed by atoms with Crippen LogP contribution in [-0.4, -0.2) is 42.8 Å². The molecule has 2 heterocycles. The summed E-state index contributed by atoms with van der Waals surface area (Å²) in [6.45, 7) is 0.597. The summed E-state index contributed by atoms with van der Waals surface area (Å²) in [7, 11) is 0. The zero-order valence-corrected chi connectivity index (χ0v) is 10.7. The molecule has 2 N–H and O–H groups in total. The molecule has 2 aliphatic heterocycles. The van der Waals surface area contributed by atoms with Gasteiger partial charge in [-0.3, -0.25) is 9.69 Å². The number of carbonyl (C=O) groups is 2. The summed E-state index contributed by atoms with van der Waals surface area (Å²) in [5, 5.41) is 5.26. The molecule has 2 aliphatic rings. The van der Waals surface area contributed by atoms with Crippen LogP contribution in [0.5, 0.6) is 11.5 Å². The number of imide groups is 1. The zero-order chi connectivity index (χ0) is 15.0. The highest BCUT2D eigenvalue weighted by Gasteiger charge is 2.43. The fourth-order valence-corrected chi connectivity index (χ4v) is 2.04. The van der Waals surface area contributed by atoms with Gasteiger partial charge in [-0.25, -0.2) is 4.79 Å². The van der Waals surface area contributed by atoms with E-state index in [9.17, 15) is 18.4 Å². The van der Waals surface area contributed by atoms with E-state index >= 15 is 0 Å². The van der Waals surface area contributed by atoms with Crippen molar-refractivity contribution in [3.63, 3.8) is 0 Å². The van der Waals surface area contributed by atoms with Crippen molar-refractivity contribution < 1.29 is 27.8 Å². The number of nitrogens with zero attached hydrogens (tertiary/aromatic N) is 1. The van der Waals surface area contributed by atoms with Crippen LogP contribution >= 0.6 is 0 Å². The molecule has 0 aromatic heterocycles. The van der Waals surface area contributed by atoms with Crippen molar-refractivity contribution in [3.05, 3.63) is 18.2 Å². The van der Waals surface area contributed by atoms with E-state index in [1.807, 2.05) is 0 Å². The molecule has 21 heavy (non-hydrogen) atoms. The number of ether oxygens (including phenoxy) is 2. The molecular formula is C12H11F2N3O4. The molecule has 0 atom stereocenters. The van der Waals surface area contributed by atoms with E-state index in [1.54, 1.807) is 0 Å². The van der Waals surface area contributed by atoms with Crippen LogP contribution in [0, 0.1) is 0 Å². The molecule has 1 aromatic carbocycles. The monoisotopic (exact) mass is 299 g/mol. The van der Waals surface area contributed by atoms with Gasteiger partial charge in [-0.1, -0.05) is 0 Å². The van der Waals surface area contributed by atoms with Gasteiger partial charge in [0.15, 0.2) is 11.5 Å². The van der Waals surface area contributed by atoms with E-state index in [4.69, 9.17) is 0 Å². The van der Waals surface area contributed by atoms with Gasteiger partial charge < -0.3 is 20.1 Å². The van der Waals surface area contributed by atoms with Gasteiger partial charge in [0.1, 0.15) is 0 Å². The van der Waals surface area contributed by atoms with Crippen molar-refractivity contribution in [2.24, 2.45) is 0 Å². The van der Waals surface area contributed by atoms with E-state index in [-0.39, 0.29) is 18.0 Å². The normalized spacial score (nSPS) is 18.6. The van der Waals surface area contributed by atoms with Crippen LogP contribution in [0.3, 0.4) is 0 Å². The molecule has 0 spiro atoms. The summed E-state index contributed by atoms with van der Waals surface area (Å²) in [5.41, 5.74) is 0.406. The highest BCUT2D eigenvalue weighted by Crippen LogP contribution is 2.42. The van der Waals surface area contributed by atoms with Crippen LogP contribution in [0.4, 0.5) is 19.3 Å². The molecule has 1 aromatic rings. The van der Waals surface area contributed by atoms with E-state index in [0.717, 1.165) is 4.90 Å². The number of hydrogen-bond acceptors (Lipinski definition) is 5. The van der Waals surface area contributed by atoms with Crippen molar-refractivity contribution in [2.45, 2.75) is 6.29 Å². The number of anilines is 1. The average Bonchev–Trinajstić information content (AvgIpc) is 2.96. The highest BCUT2D eigenvalue weighted by molar-refractivity contribution is 5.97. The van der Waals surface area contributed by atoms with E-state index in [1.165, 1.54) is 18.2 Å². The Kier molecular flexibility index (Phi) is 3.04. The fourth-order valence-electron chi connectivity index (χ4n) is 2.04. The maximum Gasteiger partial charge on any atom is 0.586 e. The van der Waals surface area contributed by atoms with Crippen LogP contribution in [0.1, 0.15) is 0 Å². The molecule has 0 bridgehead atoms. The summed E-state index contributed by atoms with van der Waals surface area (Å²) in [6.07, 6.45) is -3.68. The first-order valence-electron chi connectivity index (χ1n) is 6.16. The summed E-state index contributed by atoms with van der Waals surface area (Å²) in [4.78, 5) is 24.2. The SMILES string of the molecule is O=C(CNc1ccc2c(c1)OC(F)(F)O2)N1CCNC1=O. The number of alkyl halides is 2. The van der Waals surface area contributed by atoms with Gasteiger partial charge in [0, 0.05) is 24.8 Å². The number of urea groups is 1. The van der Waals surface area contributed by atoms with Crippen LogP contribution < -0.4 is 20.1 Å². The minimum atomic E-state index is -3.68. The Bertz CT molecular complexity index is 608. The van der Waals surface area contributed by atoms with Crippen molar-refractivity contribution in [1.29, 1.82) is 0 Å². The average molecular weight is 299 g/mol. The highest BCUT2D eigenvalue weighted by atomic mass is 19.3. The number of benzene rings is 1. The first-order chi connectivity index (χ1) is 9.94. The second kappa shape index (κ2) is 4.76. The molecule has 1 saturated heterocycles. The van der Waals surface area contributed by atoms with E-state index in [2.05, 4.69) is 20.1 Å². The number of fused-ring (bicyclic) bond motifs is 1. The Hall–Kier alpha value is -2.58. The number of nitrogens with one attached hydrogen (secondary N) is 2. The molecule has 0 radical (unpaired) electrons. The fraction of sp³-hybridized carbons (Fsp3) is 0.333. The molecule has 0 saturated carbocycles. The lowest BCUT2D eigenvalue weighted by Crippen LogP contribution is -2.37. The van der Waals surface area contributed by atoms with Gasteiger partial charge in [-0.15, -0.1) is 8.78 Å². The quantitative estimate of drug-likeness (QED) is 0.869. The summed E-state index contributed by atoms with van der Waals surface area (Å²) in [6, 6.07) is 3.65. The summed E-state index contributed by atoms with van der Waals surface area (Å²) in [5.74, 6) is -0.597. The Morgan fingerprint density at radius 2 is 2.14 bits per heavy atom. The minimum Gasteiger partial charge on any atom is -0.395 e. The predicted molar refractivity (Wildman–Crippen MR) is 66.2 cm³/mol. The van der Waals surface area contributed by atoms with Crippen LogP contribution in [0.2, 0.25) is 0 Å². The Morgan fingerprint density at radius 3 is 2.86 bits per heavy atom. The third-order valence-corrected chi connectivity index (χ3v) is 3.00. The maximum atomic E-state index is 12.9. The van der Waals surface area contributed by atoms with Crippen molar-refractivity contribution >= 4 is 17.6 Å². The second-order valence-corrected chi connectivity index (χ2v) is 4.46. The van der Waals surface area contributed by atoms with Crippen LogP contribution in [-0.2, 0) is 4.79 Å². The molecule has 0 aliphatic carbocycles. The number of halogens is 2. The van der Waals surface area contributed by atoms with E-state index in [0.29, 0.717) is 18.8 Å². The first-order valence-corrected chi connectivity index (χ1v) is 6.16. The largest absolute Gasteiger partial charge is 0.586 e. The lowest BCUT2D eigenvalue weighted by atomic mass is 10.3. The Balaban J connectivity index is 1.62. The lowest BCUT2D eigenvalue weighted by molar-refractivity contribution is -0.286. The van der Waals surface area contributed by atoms with Crippen molar-refractivity contribution in [3.8, 4) is 11.5 Å². The van der Waals surface area contributed by atoms with Crippen molar-refractivity contribution in [1.82, 2.24) is 10.2 Å². The van der Waals surface area contributed by atoms with Gasteiger partial charge in [-0.2, -0.15) is 0 Å². The maximum absolute atomic E-state index is 12.9. The summed E-state index contributed by atoms with van der Waals surface area (Å²) < 4.78 is 34.3. The number of amides is 3. The van der Waals surface area contributed by atoms with Crippen LogP contribution in [0.15, 0.2) is 18.2 Å². The molecule has 0 unspecified atom stereocenters. The molecular weight excluding hydrogens is 288 g/mol. The first kappa shape index (κ1) is 13.4. The number of hydrogen-bond donors (Lipinski definition) is 2. The smallest absolute Gasteiger partial charge is 0.395 e. The lowest BCUT2D eigenvalue weighted by Gasteiger charge is -2.13. The minimum absolute atomic E-state index is 0.0733. The molecule has 7 nitrogen and oxygen atoms in total. The Labute approximate surface area is 117 Å². The standard InChI is InChI=1S/C12H11F2N3O4/c13-12(14)20-8-2-1-7(5-9(8)21-12)16-6-10(18)17-4-3-15-11(17)19/h1-2,5,16H,3-4,6H2,(H,15,19). The molecule has 3 rings (SSSR count). The van der Waals surface area contributed by atoms with Gasteiger partial charge in [0.25, 0.3) is 0 Å². The van der Waals surface area contributed by atoms with E-state index < -0.39 is 18.2 Å². The molecule has 112 valence electrons. The Morgan fingerprint density at radius 1 is 1.38 bits per heavy atom. The molecule has 1 fully saturated rings. The molecule has 3 amide bonds. The third kappa shape index (κ3) is 2.67. The number of carbonyl (C=O) groups excluding carboxylic acids is 2. The predicted octanol–water partition coefficient (Wildman–Crippen LogP) is 0.972. The van der Waals surface area contributed by atoms with Crippen molar-refractivity contribution in [2.75, 3.05) is 25.0 Å². The second-order valence-electron chi connectivity index (χ2n) is 4.46. The van der Waals surface area contributed by atoms with Gasteiger partial charge >= 0.3 is 12.3 Å². The molecule has 9 heteroatoms. The van der Waals surface area contributed by atoms with Crippen LogP contribution in [0.25, 0.3) is 0 Å². The topological polar surface area (TPSA) is 79.9 Å². The third-order valence-electron chi connectivity index (χ3n) is 3.00. The van der Waals surface area contributed by atoms with Gasteiger partial charge in [0.05, 0.1) is 6.54 Å². The number of rotatable bonds is 3. The summed E-state index contributed by atoms with van der Waals surface area (Å²) >= 11 is 0. The van der Waals surface area contributed by atoms with Gasteiger partial charge in [0.2, 0.25) is 5.91 Å². The zero-order valence-electron chi connectivity index (χ0n) is 10.7.